The first-order valence-corrected chi connectivity index (χ1v) is 11.8. The Labute approximate surface area is 195 Å². The summed E-state index contributed by atoms with van der Waals surface area (Å²) in [6.45, 7) is 6.37. The van der Waals surface area contributed by atoms with Crippen molar-refractivity contribution >= 4 is 40.9 Å². The van der Waals surface area contributed by atoms with E-state index in [0.29, 0.717) is 39.4 Å². The topological polar surface area (TPSA) is 63.1 Å². The van der Waals surface area contributed by atoms with Gasteiger partial charge in [0.05, 0.1) is 21.5 Å². The lowest BCUT2D eigenvalue weighted by atomic mass is 10.1. The Bertz CT molecular complexity index is 1090. The van der Waals surface area contributed by atoms with E-state index in [1.54, 1.807) is 12.1 Å². The van der Waals surface area contributed by atoms with Crippen molar-refractivity contribution in [3.63, 3.8) is 0 Å². The van der Waals surface area contributed by atoms with Gasteiger partial charge >= 0.3 is 0 Å². The number of nitrogens with zero attached hydrogens (tertiary/aromatic N) is 4. The summed E-state index contributed by atoms with van der Waals surface area (Å²) in [5, 5.41) is 13.7. The predicted molar refractivity (Wildman–Crippen MR) is 126 cm³/mol. The minimum absolute atomic E-state index is 0.0962. The molecule has 1 atom stereocenters. The molecule has 1 aliphatic rings. The van der Waals surface area contributed by atoms with Crippen LogP contribution >= 0.6 is 35.0 Å². The SMILES string of the molecule is Cc1ccc(-c2nnc(SCC(=O)N3CCNC(C)C3)n2-c2ccc(Cl)c(Cl)c2)cc1. The van der Waals surface area contributed by atoms with E-state index in [9.17, 15) is 4.79 Å². The molecule has 1 aliphatic heterocycles. The number of benzene rings is 2. The summed E-state index contributed by atoms with van der Waals surface area (Å²) < 4.78 is 1.92. The zero-order chi connectivity index (χ0) is 22.0. The van der Waals surface area contributed by atoms with Gasteiger partial charge < -0.3 is 10.2 Å². The van der Waals surface area contributed by atoms with E-state index in [1.165, 1.54) is 11.8 Å². The number of rotatable bonds is 5. The van der Waals surface area contributed by atoms with Gasteiger partial charge in [0.25, 0.3) is 0 Å². The molecule has 3 aromatic rings. The van der Waals surface area contributed by atoms with Crippen LogP contribution in [0.15, 0.2) is 47.6 Å². The average Bonchev–Trinajstić information content (AvgIpc) is 3.18. The summed E-state index contributed by atoms with van der Waals surface area (Å²) in [6.07, 6.45) is 0. The van der Waals surface area contributed by atoms with Crippen LogP contribution in [0.2, 0.25) is 10.0 Å². The van der Waals surface area contributed by atoms with Gasteiger partial charge in [0.1, 0.15) is 0 Å². The normalized spacial score (nSPS) is 16.5. The number of hydrogen-bond donors (Lipinski definition) is 1. The van der Waals surface area contributed by atoms with Crippen LogP contribution in [0.3, 0.4) is 0 Å². The molecule has 1 N–H and O–H groups in total. The summed E-state index contributed by atoms with van der Waals surface area (Å²) in [4.78, 5) is 14.7. The summed E-state index contributed by atoms with van der Waals surface area (Å²) in [5.41, 5.74) is 2.88. The molecule has 162 valence electrons. The lowest BCUT2D eigenvalue weighted by Gasteiger charge is -2.31. The maximum absolute atomic E-state index is 12.8. The van der Waals surface area contributed by atoms with Crippen molar-refractivity contribution in [2.75, 3.05) is 25.4 Å². The zero-order valence-corrected chi connectivity index (χ0v) is 19.6. The third-order valence-electron chi connectivity index (χ3n) is 5.15. The Morgan fingerprint density at radius 3 is 2.65 bits per heavy atom. The number of carbonyl (C=O) groups excluding carboxylic acids is 1. The van der Waals surface area contributed by atoms with Crippen LogP contribution in [-0.4, -0.2) is 57.0 Å². The number of thioether (sulfide) groups is 1. The van der Waals surface area contributed by atoms with Crippen molar-refractivity contribution < 1.29 is 4.79 Å². The smallest absolute Gasteiger partial charge is 0.233 e. The van der Waals surface area contributed by atoms with Gasteiger partial charge in [-0.05, 0) is 32.0 Å². The van der Waals surface area contributed by atoms with Gasteiger partial charge in [-0.15, -0.1) is 10.2 Å². The van der Waals surface area contributed by atoms with E-state index in [1.807, 2.05) is 46.7 Å². The van der Waals surface area contributed by atoms with Gasteiger partial charge in [0.2, 0.25) is 5.91 Å². The van der Waals surface area contributed by atoms with Crippen molar-refractivity contribution in [2.45, 2.75) is 25.0 Å². The fourth-order valence-electron chi connectivity index (χ4n) is 3.49. The van der Waals surface area contributed by atoms with E-state index in [-0.39, 0.29) is 5.91 Å². The van der Waals surface area contributed by atoms with E-state index in [4.69, 9.17) is 23.2 Å². The monoisotopic (exact) mass is 475 g/mol. The molecule has 0 bridgehead atoms. The molecule has 1 unspecified atom stereocenters. The molecule has 2 aromatic carbocycles. The highest BCUT2D eigenvalue weighted by Gasteiger charge is 2.23. The lowest BCUT2D eigenvalue weighted by molar-refractivity contribution is -0.129. The highest BCUT2D eigenvalue weighted by molar-refractivity contribution is 7.99. The van der Waals surface area contributed by atoms with E-state index < -0.39 is 0 Å². The quantitative estimate of drug-likeness (QED) is 0.551. The van der Waals surface area contributed by atoms with Crippen LogP contribution in [0.5, 0.6) is 0 Å². The first-order valence-electron chi connectivity index (χ1n) is 10.0. The fourth-order valence-corrected chi connectivity index (χ4v) is 4.63. The number of amides is 1. The summed E-state index contributed by atoms with van der Waals surface area (Å²) >= 11 is 13.8. The van der Waals surface area contributed by atoms with Crippen LogP contribution in [0, 0.1) is 6.92 Å². The summed E-state index contributed by atoms with van der Waals surface area (Å²) in [5.74, 6) is 1.07. The Hall–Kier alpha value is -2.06. The van der Waals surface area contributed by atoms with Crippen LogP contribution in [0.25, 0.3) is 17.1 Å². The van der Waals surface area contributed by atoms with E-state index in [2.05, 4.69) is 22.4 Å². The minimum Gasteiger partial charge on any atom is -0.339 e. The van der Waals surface area contributed by atoms with Crippen molar-refractivity contribution in [3.8, 4) is 17.1 Å². The Kier molecular flexibility index (Phi) is 6.86. The van der Waals surface area contributed by atoms with Crippen LogP contribution in [0.1, 0.15) is 12.5 Å². The average molecular weight is 476 g/mol. The number of hydrogen-bond acceptors (Lipinski definition) is 5. The van der Waals surface area contributed by atoms with Gasteiger partial charge in [-0.3, -0.25) is 9.36 Å². The van der Waals surface area contributed by atoms with Gasteiger partial charge in [0, 0.05) is 31.2 Å². The first kappa shape index (κ1) is 22.1. The zero-order valence-electron chi connectivity index (χ0n) is 17.3. The maximum atomic E-state index is 12.8. The van der Waals surface area contributed by atoms with Gasteiger partial charge in [-0.1, -0.05) is 64.8 Å². The number of piperazine rings is 1. The minimum atomic E-state index is 0.0962. The highest BCUT2D eigenvalue weighted by Crippen LogP contribution is 2.31. The fraction of sp³-hybridized carbons (Fsp3) is 0.318. The number of carbonyl (C=O) groups is 1. The van der Waals surface area contributed by atoms with Crippen molar-refractivity contribution in [1.82, 2.24) is 25.0 Å². The number of nitrogens with one attached hydrogen (secondary N) is 1. The standard InChI is InChI=1S/C22H23Cl2N5OS/c1-14-3-5-16(6-4-14)21-26-27-22(29(21)17-7-8-18(23)19(24)11-17)31-13-20(30)28-10-9-25-15(2)12-28/h3-8,11,15,25H,9-10,12-13H2,1-2H3. The molecule has 1 amide bonds. The molecule has 9 heteroatoms. The molecule has 6 nitrogen and oxygen atoms in total. The van der Waals surface area contributed by atoms with Gasteiger partial charge in [0.15, 0.2) is 11.0 Å². The van der Waals surface area contributed by atoms with Crippen molar-refractivity contribution in [1.29, 1.82) is 0 Å². The predicted octanol–water partition coefficient (Wildman–Crippen LogP) is 4.46. The van der Waals surface area contributed by atoms with Crippen molar-refractivity contribution in [2.24, 2.45) is 0 Å². The van der Waals surface area contributed by atoms with Crippen LogP contribution in [0.4, 0.5) is 0 Å². The van der Waals surface area contributed by atoms with Gasteiger partial charge in [-0.25, -0.2) is 0 Å². The summed E-state index contributed by atoms with van der Waals surface area (Å²) in [7, 11) is 0. The molecular weight excluding hydrogens is 453 g/mol. The molecular formula is C22H23Cl2N5OS. The molecule has 0 saturated carbocycles. The second-order valence-electron chi connectivity index (χ2n) is 7.59. The molecule has 1 fully saturated rings. The Morgan fingerprint density at radius 1 is 1.16 bits per heavy atom. The van der Waals surface area contributed by atoms with Crippen LogP contribution < -0.4 is 5.32 Å². The molecule has 4 rings (SSSR count). The molecule has 1 saturated heterocycles. The first-order chi connectivity index (χ1) is 14.9. The highest BCUT2D eigenvalue weighted by atomic mass is 35.5. The third-order valence-corrected chi connectivity index (χ3v) is 6.80. The second kappa shape index (κ2) is 9.61. The Morgan fingerprint density at radius 2 is 1.94 bits per heavy atom. The molecule has 0 spiro atoms. The second-order valence-corrected chi connectivity index (χ2v) is 9.35. The van der Waals surface area contributed by atoms with Crippen molar-refractivity contribution in [3.05, 3.63) is 58.1 Å². The molecule has 1 aromatic heterocycles. The molecule has 0 radical (unpaired) electrons. The van der Waals surface area contributed by atoms with Gasteiger partial charge in [-0.2, -0.15) is 0 Å². The Balaban J connectivity index is 1.64. The van der Waals surface area contributed by atoms with E-state index in [0.717, 1.165) is 29.9 Å². The number of aryl methyl sites for hydroxylation is 1. The number of aromatic nitrogens is 3. The molecule has 2 heterocycles. The van der Waals surface area contributed by atoms with E-state index >= 15 is 0 Å². The maximum Gasteiger partial charge on any atom is 0.233 e. The molecule has 0 aliphatic carbocycles. The summed E-state index contributed by atoms with van der Waals surface area (Å²) in [6, 6.07) is 13.8. The third kappa shape index (κ3) is 5.06. The number of halogens is 2. The molecule has 31 heavy (non-hydrogen) atoms. The van der Waals surface area contributed by atoms with Crippen LogP contribution in [-0.2, 0) is 4.79 Å². The lowest BCUT2D eigenvalue weighted by Crippen LogP contribution is -2.51. The largest absolute Gasteiger partial charge is 0.339 e.